The summed E-state index contributed by atoms with van der Waals surface area (Å²) in [6.45, 7) is 3.05. The Morgan fingerprint density at radius 3 is 2.30 bits per heavy atom. The fourth-order valence-corrected chi connectivity index (χ4v) is 4.46. The number of rotatable bonds is 6. The minimum Gasteiger partial charge on any atom is -0.308 e. The number of halogens is 3. The summed E-state index contributed by atoms with van der Waals surface area (Å²) in [6, 6.07) is 23.2. The van der Waals surface area contributed by atoms with E-state index in [1.165, 1.54) is 54.2 Å². The Balaban J connectivity index is 0.00000160. The lowest BCUT2D eigenvalue weighted by atomic mass is 9.88. The van der Waals surface area contributed by atoms with E-state index < -0.39 is 0 Å². The maximum Gasteiger partial charge on any atom is 0.123 e. The summed E-state index contributed by atoms with van der Waals surface area (Å²) >= 11 is 0. The van der Waals surface area contributed by atoms with Gasteiger partial charge in [-0.25, -0.2) is 4.39 Å². The maximum absolute atomic E-state index is 13.1. The van der Waals surface area contributed by atoms with Crippen molar-refractivity contribution >= 4 is 35.6 Å². The van der Waals surface area contributed by atoms with Crippen molar-refractivity contribution in [3.05, 3.63) is 83.7 Å². The van der Waals surface area contributed by atoms with Gasteiger partial charge < -0.3 is 10.6 Å². The van der Waals surface area contributed by atoms with Gasteiger partial charge >= 0.3 is 0 Å². The molecule has 1 aliphatic rings. The molecule has 3 aromatic carbocycles. The fraction of sp³-hybridized carbons (Fsp3) is 0.360. The summed E-state index contributed by atoms with van der Waals surface area (Å²) in [4.78, 5) is 0. The number of hydrogen-bond donors (Lipinski definition) is 2. The minimum absolute atomic E-state index is 0. The van der Waals surface area contributed by atoms with E-state index in [-0.39, 0.29) is 30.6 Å². The average Bonchev–Trinajstić information content (AvgIpc) is 2.74. The quantitative estimate of drug-likeness (QED) is 0.445. The highest BCUT2D eigenvalue weighted by atomic mass is 35.5. The SMILES string of the molecule is CC(N[C@H]1CCCCC1NCc1ccc(F)cc1)c1cccc2ccccc12.Cl.Cl. The van der Waals surface area contributed by atoms with Gasteiger partial charge in [0.1, 0.15) is 5.82 Å². The van der Waals surface area contributed by atoms with Crippen molar-refractivity contribution in [3.63, 3.8) is 0 Å². The Labute approximate surface area is 191 Å². The van der Waals surface area contributed by atoms with E-state index in [1.807, 2.05) is 12.1 Å². The van der Waals surface area contributed by atoms with Gasteiger partial charge in [0.2, 0.25) is 0 Å². The van der Waals surface area contributed by atoms with E-state index in [0.29, 0.717) is 18.1 Å². The molecule has 0 saturated heterocycles. The van der Waals surface area contributed by atoms with Crippen LogP contribution in [0.15, 0.2) is 66.7 Å². The first-order chi connectivity index (χ1) is 13.7. The van der Waals surface area contributed by atoms with Gasteiger partial charge in [-0.1, -0.05) is 67.4 Å². The fourth-order valence-electron chi connectivity index (χ4n) is 4.46. The van der Waals surface area contributed by atoms with Crippen molar-refractivity contribution in [3.8, 4) is 0 Å². The van der Waals surface area contributed by atoms with E-state index >= 15 is 0 Å². The molecule has 30 heavy (non-hydrogen) atoms. The van der Waals surface area contributed by atoms with Crippen LogP contribution in [0.25, 0.3) is 10.8 Å². The van der Waals surface area contributed by atoms with Gasteiger partial charge in [0.25, 0.3) is 0 Å². The van der Waals surface area contributed by atoms with Crippen molar-refractivity contribution in [1.29, 1.82) is 0 Å². The lowest BCUT2D eigenvalue weighted by molar-refractivity contribution is 0.267. The highest BCUT2D eigenvalue weighted by Crippen LogP contribution is 2.27. The lowest BCUT2D eigenvalue weighted by Gasteiger charge is -2.35. The predicted molar refractivity (Wildman–Crippen MR) is 129 cm³/mol. The van der Waals surface area contributed by atoms with Gasteiger partial charge in [-0.05, 0) is 53.8 Å². The van der Waals surface area contributed by atoms with Gasteiger partial charge in [0.05, 0.1) is 0 Å². The van der Waals surface area contributed by atoms with Gasteiger partial charge in [0.15, 0.2) is 0 Å². The third-order valence-corrected chi connectivity index (χ3v) is 6.00. The summed E-state index contributed by atoms with van der Waals surface area (Å²) < 4.78 is 13.1. The molecule has 5 heteroatoms. The Morgan fingerprint density at radius 2 is 1.53 bits per heavy atom. The van der Waals surface area contributed by atoms with Crippen LogP contribution in [-0.4, -0.2) is 12.1 Å². The smallest absolute Gasteiger partial charge is 0.123 e. The molecule has 2 nitrogen and oxygen atoms in total. The topological polar surface area (TPSA) is 24.1 Å². The Hall–Kier alpha value is -1.65. The monoisotopic (exact) mass is 448 g/mol. The average molecular weight is 449 g/mol. The zero-order chi connectivity index (χ0) is 19.3. The van der Waals surface area contributed by atoms with Crippen LogP contribution in [0.3, 0.4) is 0 Å². The van der Waals surface area contributed by atoms with Crippen LogP contribution in [0.4, 0.5) is 4.39 Å². The van der Waals surface area contributed by atoms with Crippen LogP contribution in [0, 0.1) is 5.82 Å². The Kier molecular flexibility index (Phi) is 9.57. The predicted octanol–water partition coefficient (Wildman–Crippen LogP) is 6.57. The molecule has 0 radical (unpaired) electrons. The number of fused-ring (bicyclic) bond motifs is 1. The molecule has 2 unspecified atom stereocenters. The molecule has 0 aliphatic heterocycles. The summed E-state index contributed by atoms with van der Waals surface area (Å²) in [5, 5.41) is 10.2. The van der Waals surface area contributed by atoms with Crippen molar-refractivity contribution in [2.24, 2.45) is 0 Å². The third-order valence-electron chi connectivity index (χ3n) is 6.00. The molecule has 1 fully saturated rings. The van der Waals surface area contributed by atoms with Crippen LogP contribution >= 0.6 is 24.8 Å². The maximum atomic E-state index is 13.1. The molecule has 162 valence electrons. The first kappa shape index (κ1) is 24.6. The summed E-state index contributed by atoms with van der Waals surface area (Å²) in [5.41, 5.74) is 2.49. The van der Waals surface area contributed by atoms with Gasteiger partial charge in [-0.3, -0.25) is 0 Å². The number of benzene rings is 3. The zero-order valence-electron chi connectivity index (χ0n) is 17.3. The van der Waals surface area contributed by atoms with Crippen LogP contribution in [-0.2, 0) is 6.54 Å². The first-order valence-electron chi connectivity index (χ1n) is 10.4. The Morgan fingerprint density at radius 1 is 0.867 bits per heavy atom. The lowest BCUT2D eigenvalue weighted by Crippen LogP contribution is -2.50. The standard InChI is InChI=1S/C25H29FN2.2ClH/c1-18(22-10-6-8-20-7-2-3-9-23(20)22)28-25-12-5-4-11-24(25)27-17-19-13-15-21(26)16-14-19;;/h2-3,6-10,13-16,18,24-25,27-28H,4-5,11-12,17H2,1H3;2*1H/t18?,24?,25-;;/m0../s1. The summed E-state index contributed by atoms with van der Waals surface area (Å²) in [5.74, 6) is -0.176. The molecule has 0 heterocycles. The van der Waals surface area contributed by atoms with E-state index in [1.54, 1.807) is 0 Å². The molecule has 2 N–H and O–H groups in total. The van der Waals surface area contributed by atoms with Crippen molar-refractivity contribution in [2.75, 3.05) is 0 Å². The van der Waals surface area contributed by atoms with Crippen molar-refractivity contribution in [1.82, 2.24) is 10.6 Å². The van der Waals surface area contributed by atoms with Crippen molar-refractivity contribution in [2.45, 2.75) is 57.3 Å². The second kappa shape index (κ2) is 11.7. The molecule has 3 atom stereocenters. The normalized spacial score (nSPS) is 19.5. The van der Waals surface area contributed by atoms with E-state index in [0.717, 1.165) is 12.1 Å². The molecule has 0 amide bonds. The molecule has 0 aromatic heterocycles. The first-order valence-corrected chi connectivity index (χ1v) is 10.4. The highest BCUT2D eigenvalue weighted by molar-refractivity contribution is 5.86. The molecule has 3 aromatic rings. The molecule has 4 rings (SSSR count). The van der Waals surface area contributed by atoms with Crippen LogP contribution in [0.2, 0.25) is 0 Å². The summed E-state index contributed by atoms with van der Waals surface area (Å²) in [6.07, 6.45) is 4.91. The summed E-state index contributed by atoms with van der Waals surface area (Å²) in [7, 11) is 0. The molecule has 1 aliphatic carbocycles. The third kappa shape index (κ3) is 5.95. The molecule has 0 spiro atoms. The van der Waals surface area contributed by atoms with Crippen LogP contribution < -0.4 is 10.6 Å². The van der Waals surface area contributed by atoms with Gasteiger partial charge in [-0.15, -0.1) is 24.8 Å². The van der Waals surface area contributed by atoms with Gasteiger partial charge in [0, 0.05) is 24.7 Å². The van der Waals surface area contributed by atoms with Crippen LogP contribution in [0.5, 0.6) is 0 Å². The van der Waals surface area contributed by atoms with Crippen LogP contribution in [0.1, 0.15) is 49.8 Å². The largest absolute Gasteiger partial charge is 0.308 e. The van der Waals surface area contributed by atoms with Gasteiger partial charge in [-0.2, -0.15) is 0 Å². The molecular formula is C25H31Cl2FN2. The molecule has 0 bridgehead atoms. The highest BCUT2D eigenvalue weighted by Gasteiger charge is 2.26. The van der Waals surface area contributed by atoms with E-state index in [2.05, 4.69) is 60.0 Å². The number of hydrogen-bond acceptors (Lipinski definition) is 2. The van der Waals surface area contributed by atoms with E-state index in [4.69, 9.17) is 0 Å². The molecule has 1 saturated carbocycles. The Bertz CT molecular complexity index is 911. The van der Waals surface area contributed by atoms with Crippen molar-refractivity contribution < 1.29 is 4.39 Å². The zero-order valence-corrected chi connectivity index (χ0v) is 18.9. The molecular weight excluding hydrogens is 418 g/mol. The van der Waals surface area contributed by atoms with E-state index in [9.17, 15) is 4.39 Å². The second-order valence-electron chi connectivity index (χ2n) is 7.96. The minimum atomic E-state index is -0.176. The number of nitrogens with one attached hydrogen (secondary N) is 2. The second-order valence-corrected chi connectivity index (χ2v) is 7.96.